The largest absolute Gasteiger partial charge is 0.135 e. The van der Waals surface area contributed by atoms with Gasteiger partial charge in [-0.1, -0.05) is 84.3 Å². The molecule has 0 radical (unpaired) electrons. The molecule has 2 aromatic rings. The van der Waals surface area contributed by atoms with Crippen molar-refractivity contribution in [2.75, 3.05) is 0 Å². The number of rotatable bonds is 5. The zero-order chi connectivity index (χ0) is 14.6. The highest BCUT2D eigenvalue weighted by Crippen LogP contribution is 2.89. The highest BCUT2D eigenvalue weighted by Gasteiger charge is 2.29. The van der Waals surface area contributed by atoms with Gasteiger partial charge in [-0.15, -0.1) is 24.5 Å². The Morgan fingerprint density at radius 3 is 1.25 bits per heavy atom. The second kappa shape index (κ2) is 7.13. The minimum atomic E-state index is -1.96. The van der Waals surface area contributed by atoms with Crippen molar-refractivity contribution in [2.24, 2.45) is 0 Å². The van der Waals surface area contributed by atoms with Gasteiger partial charge in [0.2, 0.25) is 0 Å². The van der Waals surface area contributed by atoms with Crippen molar-refractivity contribution in [3.63, 3.8) is 0 Å². The standard InChI is InChI=1S/C14H16P2S4/c17-15(18,11-13-7-3-1-4-8-13)16(19,20)12-14-9-5-2-6-10-14/h1-10H,11-12H2,(H,17,18)(H,19,20). The van der Waals surface area contributed by atoms with E-state index in [1.54, 1.807) is 0 Å². The molecule has 6 heteroatoms. The maximum atomic E-state index is 5.80. The van der Waals surface area contributed by atoms with Gasteiger partial charge in [0.05, 0.1) is 0 Å². The van der Waals surface area contributed by atoms with Crippen LogP contribution in [0.5, 0.6) is 0 Å². The van der Waals surface area contributed by atoms with Gasteiger partial charge in [0.15, 0.2) is 0 Å². The third-order valence-electron chi connectivity index (χ3n) is 2.95. The van der Waals surface area contributed by atoms with Crippen LogP contribution in [-0.4, -0.2) is 0 Å². The molecule has 0 aromatic heterocycles. The van der Waals surface area contributed by atoms with Gasteiger partial charge in [-0.25, -0.2) is 0 Å². The van der Waals surface area contributed by atoms with Crippen LogP contribution < -0.4 is 0 Å². The van der Waals surface area contributed by atoms with Crippen molar-refractivity contribution in [3.05, 3.63) is 71.8 Å². The van der Waals surface area contributed by atoms with Gasteiger partial charge in [0.25, 0.3) is 0 Å². The molecule has 0 spiro atoms. The summed E-state index contributed by atoms with van der Waals surface area (Å²) < 4.78 is 0. The van der Waals surface area contributed by atoms with Crippen LogP contribution in [0.2, 0.25) is 0 Å². The Labute approximate surface area is 141 Å². The fraction of sp³-hybridized carbons (Fsp3) is 0.143. The Hall–Kier alpha value is 0.440. The quantitative estimate of drug-likeness (QED) is 0.490. The van der Waals surface area contributed by atoms with Crippen LogP contribution >= 0.6 is 34.4 Å². The SMILES string of the molecule is S=P(S)(Cc1ccccc1)P(=S)(S)Cc1ccccc1. The molecular formula is C14H16P2S4. The van der Waals surface area contributed by atoms with Crippen LogP contribution in [-0.2, 0) is 35.9 Å². The summed E-state index contributed by atoms with van der Waals surface area (Å²) in [6.07, 6.45) is 1.56. The first-order chi connectivity index (χ1) is 9.41. The lowest BCUT2D eigenvalue weighted by Crippen LogP contribution is -1.87. The molecular weight excluding hydrogens is 358 g/mol. The Morgan fingerprint density at radius 2 is 0.950 bits per heavy atom. The van der Waals surface area contributed by atoms with E-state index >= 15 is 0 Å². The number of hydrogen-bond donors (Lipinski definition) is 2. The summed E-state index contributed by atoms with van der Waals surface area (Å²) >= 11 is 21.2. The smallest absolute Gasteiger partial charge is 0.0474 e. The van der Waals surface area contributed by atoms with E-state index in [0.717, 1.165) is 12.3 Å². The van der Waals surface area contributed by atoms with Crippen LogP contribution in [0.1, 0.15) is 11.1 Å². The maximum absolute atomic E-state index is 5.80. The van der Waals surface area contributed by atoms with Crippen molar-refractivity contribution >= 4 is 58.0 Å². The highest BCUT2D eigenvalue weighted by atomic mass is 33.3. The monoisotopic (exact) mass is 374 g/mol. The first-order valence-corrected chi connectivity index (χ1v) is 15.1. The van der Waals surface area contributed by atoms with Gasteiger partial charge in [0, 0.05) is 22.2 Å². The average molecular weight is 374 g/mol. The van der Waals surface area contributed by atoms with Gasteiger partial charge in [0.1, 0.15) is 0 Å². The molecule has 2 atom stereocenters. The third-order valence-corrected chi connectivity index (χ3v) is 25.8. The predicted molar refractivity (Wildman–Crippen MR) is 107 cm³/mol. The van der Waals surface area contributed by atoms with Crippen molar-refractivity contribution < 1.29 is 0 Å². The second-order valence-electron chi connectivity index (χ2n) is 4.62. The maximum Gasteiger partial charge on any atom is 0.0474 e. The number of hydrogen-bond acceptors (Lipinski definition) is 2. The van der Waals surface area contributed by atoms with Gasteiger partial charge in [-0.05, 0) is 11.1 Å². The van der Waals surface area contributed by atoms with E-state index in [9.17, 15) is 0 Å². The third kappa shape index (κ3) is 4.47. The summed E-state index contributed by atoms with van der Waals surface area (Å²) in [5.41, 5.74) is 2.42. The van der Waals surface area contributed by atoms with Gasteiger partial charge in [-0.3, -0.25) is 0 Å². The molecule has 20 heavy (non-hydrogen) atoms. The topological polar surface area (TPSA) is 0 Å². The van der Waals surface area contributed by atoms with Crippen LogP contribution in [0.4, 0.5) is 0 Å². The van der Waals surface area contributed by atoms with E-state index in [1.807, 2.05) is 36.4 Å². The zero-order valence-electron chi connectivity index (χ0n) is 10.8. The van der Waals surface area contributed by atoms with E-state index in [2.05, 4.69) is 24.3 Å². The molecule has 0 heterocycles. The van der Waals surface area contributed by atoms with Gasteiger partial charge >= 0.3 is 0 Å². The summed E-state index contributed by atoms with van der Waals surface area (Å²) in [5, 5.41) is 0. The Balaban J connectivity index is 2.19. The summed E-state index contributed by atoms with van der Waals surface area (Å²) in [6.45, 7) is 0. The van der Waals surface area contributed by atoms with Crippen LogP contribution in [0, 0.1) is 0 Å². The summed E-state index contributed by atoms with van der Waals surface area (Å²) in [5.74, 6) is 0. The lowest BCUT2D eigenvalue weighted by Gasteiger charge is -2.27. The van der Waals surface area contributed by atoms with E-state index in [0.29, 0.717) is 0 Å². The molecule has 0 bridgehead atoms. The first-order valence-electron chi connectivity index (χ1n) is 6.13. The average Bonchev–Trinajstić information content (AvgIpc) is 2.40. The molecule has 0 nitrogen and oxygen atoms in total. The van der Waals surface area contributed by atoms with E-state index < -0.39 is 9.86 Å². The minimum absolute atomic E-state index is 0.778. The van der Waals surface area contributed by atoms with Crippen molar-refractivity contribution in [1.29, 1.82) is 0 Å². The van der Waals surface area contributed by atoms with Gasteiger partial charge in [-0.2, -0.15) is 0 Å². The fourth-order valence-electron chi connectivity index (χ4n) is 1.86. The molecule has 0 amide bonds. The normalized spacial score (nSPS) is 17.1. The number of thiol groups is 2. The summed E-state index contributed by atoms with van der Waals surface area (Å²) in [7, 11) is 0. The van der Waals surface area contributed by atoms with Crippen molar-refractivity contribution in [1.82, 2.24) is 0 Å². The molecule has 0 aliphatic carbocycles. The Kier molecular flexibility index (Phi) is 5.99. The lowest BCUT2D eigenvalue weighted by atomic mass is 10.2. The molecule has 2 unspecified atom stereocenters. The second-order valence-corrected chi connectivity index (χ2v) is 25.0. The molecule has 2 rings (SSSR count). The molecule has 0 aliphatic heterocycles. The molecule has 0 saturated heterocycles. The Bertz CT molecular complexity index is 596. The Morgan fingerprint density at radius 1 is 0.650 bits per heavy atom. The molecule has 0 saturated carbocycles. The van der Waals surface area contributed by atoms with E-state index in [4.69, 9.17) is 48.1 Å². The van der Waals surface area contributed by atoms with Crippen molar-refractivity contribution in [2.45, 2.75) is 12.3 Å². The van der Waals surface area contributed by atoms with Crippen molar-refractivity contribution in [3.8, 4) is 0 Å². The predicted octanol–water partition coefficient (Wildman–Crippen LogP) is 5.95. The molecule has 106 valence electrons. The van der Waals surface area contributed by atoms with Crippen LogP contribution in [0.3, 0.4) is 0 Å². The summed E-state index contributed by atoms with van der Waals surface area (Å²) in [6, 6.07) is 20.5. The molecule has 0 N–H and O–H groups in total. The van der Waals surface area contributed by atoms with Gasteiger partial charge < -0.3 is 0 Å². The highest BCUT2D eigenvalue weighted by molar-refractivity contribution is 9.06. The van der Waals surface area contributed by atoms with E-state index in [-0.39, 0.29) is 0 Å². The molecule has 0 aliphatic rings. The fourth-order valence-corrected chi connectivity index (χ4v) is 10.0. The first kappa shape index (κ1) is 16.8. The summed E-state index contributed by atoms with van der Waals surface area (Å²) in [4.78, 5) is -3.93. The van der Waals surface area contributed by atoms with Crippen LogP contribution in [0.25, 0.3) is 0 Å². The van der Waals surface area contributed by atoms with E-state index in [1.165, 1.54) is 11.1 Å². The molecule has 2 aromatic carbocycles. The lowest BCUT2D eigenvalue weighted by molar-refractivity contribution is 1.40. The van der Waals surface area contributed by atoms with Crippen LogP contribution in [0.15, 0.2) is 60.7 Å². The number of benzene rings is 2. The zero-order valence-corrected chi connectivity index (χ0v) is 16.0. The molecule has 0 fully saturated rings. The minimum Gasteiger partial charge on any atom is -0.135 e.